The van der Waals surface area contributed by atoms with Crippen LogP contribution in [0.15, 0.2) is 18.2 Å². The average molecular weight is 193 g/mol. The maximum Gasteiger partial charge on any atom is 0.164 e. The first-order valence-corrected chi connectivity index (χ1v) is 4.88. The lowest BCUT2D eigenvalue weighted by molar-refractivity contribution is -0.268. The van der Waals surface area contributed by atoms with Gasteiger partial charge in [-0.25, -0.2) is 9.78 Å². The number of hydrogen-bond acceptors (Lipinski definition) is 3. The molecule has 1 aromatic carbocycles. The summed E-state index contributed by atoms with van der Waals surface area (Å²) in [5, 5.41) is 3.30. The van der Waals surface area contributed by atoms with Crippen molar-refractivity contribution in [2.45, 2.75) is 26.5 Å². The molecule has 3 heteroatoms. The first-order valence-electron chi connectivity index (χ1n) is 4.88. The van der Waals surface area contributed by atoms with Crippen LogP contribution in [-0.4, -0.2) is 12.8 Å². The van der Waals surface area contributed by atoms with Gasteiger partial charge in [-0.3, -0.25) is 0 Å². The van der Waals surface area contributed by atoms with Crippen molar-refractivity contribution in [1.29, 1.82) is 0 Å². The molecule has 1 N–H and O–H groups in total. The molecule has 0 aromatic heterocycles. The zero-order valence-corrected chi connectivity index (χ0v) is 8.54. The SMILES string of the molecule is Cc1ccc(C)c(NC2CCOO2)c1. The van der Waals surface area contributed by atoms with Crippen molar-refractivity contribution in [2.75, 3.05) is 11.9 Å². The second-order valence-electron chi connectivity index (χ2n) is 3.66. The highest BCUT2D eigenvalue weighted by molar-refractivity contribution is 5.52. The van der Waals surface area contributed by atoms with Crippen molar-refractivity contribution in [1.82, 2.24) is 0 Å². The summed E-state index contributed by atoms with van der Waals surface area (Å²) in [6.45, 7) is 4.83. The topological polar surface area (TPSA) is 30.5 Å². The van der Waals surface area contributed by atoms with E-state index in [1.165, 1.54) is 11.1 Å². The first-order chi connectivity index (χ1) is 6.75. The Morgan fingerprint density at radius 3 is 2.93 bits per heavy atom. The molecule has 1 unspecified atom stereocenters. The summed E-state index contributed by atoms with van der Waals surface area (Å²) < 4.78 is 0. The highest BCUT2D eigenvalue weighted by Gasteiger charge is 2.17. The van der Waals surface area contributed by atoms with E-state index in [0.717, 1.165) is 12.1 Å². The van der Waals surface area contributed by atoms with Crippen molar-refractivity contribution >= 4 is 5.69 Å². The van der Waals surface area contributed by atoms with Crippen LogP contribution in [0.2, 0.25) is 0 Å². The van der Waals surface area contributed by atoms with Gasteiger partial charge in [0.1, 0.15) is 0 Å². The second-order valence-corrected chi connectivity index (χ2v) is 3.66. The standard InChI is InChI=1S/C11H15NO2/c1-8-3-4-9(2)10(7-8)12-11-5-6-13-14-11/h3-4,7,11-12H,5-6H2,1-2H3. The maximum atomic E-state index is 5.04. The molecule has 76 valence electrons. The number of aryl methyl sites for hydroxylation is 2. The molecule has 14 heavy (non-hydrogen) atoms. The van der Waals surface area contributed by atoms with Gasteiger partial charge in [0.25, 0.3) is 0 Å². The van der Waals surface area contributed by atoms with Crippen LogP contribution in [0.3, 0.4) is 0 Å². The molecule has 0 saturated carbocycles. The molecule has 1 aliphatic rings. The normalized spacial score (nSPS) is 21.1. The summed E-state index contributed by atoms with van der Waals surface area (Å²) in [4.78, 5) is 9.88. The number of anilines is 1. The fraction of sp³-hybridized carbons (Fsp3) is 0.455. The monoisotopic (exact) mass is 193 g/mol. The number of hydrogen-bond donors (Lipinski definition) is 1. The van der Waals surface area contributed by atoms with Crippen LogP contribution in [0.4, 0.5) is 5.69 Å². The van der Waals surface area contributed by atoms with E-state index in [-0.39, 0.29) is 6.23 Å². The quantitative estimate of drug-likeness (QED) is 0.731. The summed E-state index contributed by atoms with van der Waals surface area (Å²) in [6, 6.07) is 6.33. The molecule has 2 rings (SSSR count). The minimum atomic E-state index is -0.00417. The molecule has 0 bridgehead atoms. The van der Waals surface area contributed by atoms with Crippen LogP contribution in [0.1, 0.15) is 17.5 Å². The van der Waals surface area contributed by atoms with Gasteiger partial charge in [0.2, 0.25) is 0 Å². The van der Waals surface area contributed by atoms with Crippen molar-refractivity contribution in [3.8, 4) is 0 Å². The highest BCUT2D eigenvalue weighted by Crippen LogP contribution is 2.20. The predicted octanol–water partition coefficient (Wildman–Crippen LogP) is 2.39. The van der Waals surface area contributed by atoms with Gasteiger partial charge in [0.05, 0.1) is 6.61 Å². The minimum Gasteiger partial charge on any atom is -0.357 e. The Morgan fingerprint density at radius 2 is 2.21 bits per heavy atom. The van der Waals surface area contributed by atoms with E-state index in [1.54, 1.807) is 0 Å². The highest BCUT2D eigenvalue weighted by atomic mass is 17.2. The lowest BCUT2D eigenvalue weighted by atomic mass is 10.1. The molecule has 1 saturated heterocycles. The third-order valence-corrected chi connectivity index (χ3v) is 2.36. The minimum absolute atomic E-state index is 0.00417. The van der Waals surface area contributed by atoms with Crippen LogP contribution < -0.4 is 5.32 Å². The van der Waals surface area contributed by atoms with Gasteiger partial charge in [0.15, 0.2) is 6.23 Å². The molecule has 1 atom stereocenters. The van der Waals surface area contributed by atoms with Crippen molar-refractivity contribution in [3.05, 3.63) is 29.3 Å². The van der Waals surface area contributed by atoms with E-state index in [2.05, 4.69) is 37.4 Å². The number of nitrogens with one attached hydrogen (secondary N) is 1. The van der Waals surface area contributed by atoms with E-state index in [9.17, 15) is 0 Å². The Hall–Kier alpha value is -1.06. The molecule has 0 radical (unpaired) electrons. The van der Waals surface area contributed by atoms with Gasteiger partial charge >= 0.3 is 0 Å². The van der Waals surface area contributed by atoms with Crippen LogP contribution in [0.5, 0.6) is 0 Å². The fourth-order valence-electron chi connectivity index (χ4n) is 1.49. The van der Waals surface area contributed by atoms with Crippen LogP contribution in [0, 0.1) is 13.8 Å². The van der Waals surface area contributed by atoms with Gasteiger partial charge < -0.3 is 5.32 Å². The lowest BCUT2D eigenvalue weighted by Gasteiger charge is -2.13. The molecule has 1 heterocycles. The summed E-state index contributed by atoms with van der Waals surface area (Å²) in [5.41, 5.74) is 3.60. The van der Waals surface area contributed by atoms with Crippen molar-refractivity contribution in [2.24, 2.45) is 0 Å². The largest absolute Gasteiger partial charge is 0.357 e. The van der Waals surface area contributed by atoms with Gasteiger partial charge in [0, 0.05) is 12.1 Å². The van der Waals surface area contributed by atoms with Gasteiger partial charge in [-0.2, -0.15) is 0 Å². The lowest BCUT2D eigenvalue weighted by Crippen LogP contribution is -2.17. The van der Waals surface area contributed by atoms with E-state index >= 15 is 0 Å². The Labute approximate surface area is 84.0 Å². The smallest absolute Gasteiger partial charge is 0.164 e. The Kier molecular flexibility index (Phi) is 2.70. The van der Waals surface area contributed by atoms with Gasteiger partial charge in [-0.05, 0) is 31.0 Å². The van der Waals surface area contributed by atoms with E-state index in [1.807, 2.05) is 0 Å². The Bertz CT molecular complexity index is 319. The Balaban J connectivity index is 2.10. The number of rotatable bonds is 2. The average Bonchev–Trinajstić information content (AvgIpc) is 2.64. The maximum absolute atomic E-state index is 5.04. The van der Waals surface area contributed by atoms with Crippen molar-refractivity contribution in [3.63, 3.8) is 0 Å². The van der Waals surface area contributed by atoms with E-state index < -0.39 is 0 Å². The Morgan fingerprint density at radius 1 is 1.36 bits per heavy atom. The van der Waals surface area contributed by atoms with Crippen LogP contribution in [-0.2, 0) is 9.78 Å². The predicted molar refractivity (Wildman–Crippen MR) is 55.0 cm³/mol. The third-order valence-electron chi connectivity index (χ3n) is 2.36. The first kappa shape index (κ1) is 9.49. The summed E-state index contributed by atoms with van der Waals surface area (Å²) in [7, 11) is 0. The molecular formula is C11H15NO2. The third kappa shape index (κ3) is 2.05. The summed E-state index contributed by atoms with van der Waals surface area (Å²) in [5.74, 6) is 0. The molecule has 0 spiro atoms. The van der Waals surface area contributed by atoms with E-state index in [0.29, 0.717) is 6.61 Å². The molecule has 1 aliphatic heterocycles. The molecular weight excluding hydrogens is 178 g/mol. The van der Waals surface area contributed by atoms with Crippen molar-refractivity contribution < 1.29 is 9.78 Å². The van der Waals surface area contributed by atoms with Crippen LogP contribution in [0.25, 0.3) is 0 Å². The molecule has 3 nitrogen and oxygen atoms in total. The van der Waals surface area contributed by atoms with E-state index in [4.69, 9.17) is 9.78 Å². The fourth-order valence-corrected chi connectivity index (χ4v) is 1.49. The zero-order chi connectivity index (χ0) is 9.97. The molecule has 1 aromatic rings. The summed E-state index contributed by atoms with van der Waals surface area (Å²) in [6.07, 6.45) is 0.892. The van der Waals surface area contributed by atoms with Gasteiger partial charge in [-0.1, -0.05) is 12.1 Å². The second kappa shape index (κ2) is 3.98. The zero-order valence-electron chi connectivity index (χ0n) is 8.54. The molecule has 0 amide bonds. The number of benzene rings is 1. The molecule has 0 aliphatic carbocycles. The van der Waals surface area contributed by atoms with Gasteiger partial charge in [-0.15, -0.1) is 0 Å². The summed E-state index contributed by atoms with van der Waals surface area (Å²) >= 11 is 0. The van der Waals surface area contributed by atoms with Crippen LogP contribution >= 0.6 is 0 Å². The molecule has 1 fully saturated rings.